The van der Waals surface area contributed by atoms with Crippen molar-refractivity contribution in [3.8, 4) is 16.9 Å². The number of anilines is 1. The lowest BCUT2D eigenvalue weighted by Gasteiger charge is -2.39. The monoisotopic (exact) mass is 557 g/mol. The Morgan fingerprint density at radius 1 is 1.12 bits per heavy atom. The predicted octanol–water partition coefficient (Wildman–Crippen LogP) is 4.73. The summed E-state index contributed by atoms with van der Waals surface area (Å²) in [5.74, 6) is 0.492. The van der Waals surface area contributed by atoms with Crippen molar-refractivity contribution < 1.29 is 9.90 Å². The number of rotatable bonds is 8. The fourth-order valence-corrected chi connectivity index (χ4v) is 6.13. The van der Waals surface area contributed by atoms with Gasteiger partial charge in [0.05, 0.1) is 16.1 Å². The number of carbonyl (C=O) groups is 1. The van der Waals surface area contributed by atoms with Crippen molar-refractivity contribution >= 4 is 45.1 Å². The molecule has 4 aromatic rings. The van der Waals surface area contributed by atoms with Gasteiger partial charge in [-0.15, -0.1) is 0 Å². The minimum atomic E-state index is -0.200. The zero-order chi connectivity index (χ0) is 27.8. The van der Waals surface area contributed by atoms with Gasteiger partial charge in [0.2, 0.25) is 5.91 Å². The summed E-state index contributed by atoms with van der Waals surface area (Å²) in [6.45, 7) is 8.79. The number of nitrogens with one attached hydrogen (secondary N) is 1. The number of halogens is 1. The lowest BCUT2D eigenvalue weighted by Crippen LogP contribution is -2.51. The van der Waals surface area contributed by atoms with E-state index in [-0.39, 0.29) is 23.1 Å². The average molecular weight is 558 g/mol. The third-order valence-corrected chi connectivity index (χ3v) is 8.29. The van der Waals surface area contributed by atoms with E-state index in [0.29, 0.717) is 48.1 Å². The molecule has 2 aliphatic rings. The summed E-state index contributed by atoms with van der Waals surface area (Å²) in [6, 6.07) is 15.0. The van der Waals surface area contributed by atoms with E-state index in [1.165, 1.54) is 18.9 Å². The Morgan fingerprint density at radius 3 is 2.67 bits per heavy atom. The van der Waals surface area contributed by atoms with Crippen LogP contribution >= 0.6 is 11.6 Å². The lowest BCUT2D eigenvalue weighted by molar-refractivity contribution is -0.132. The van der Waals surface area contributed by atoms with Crippen LogP contribution in [0, 0.1) is 5.92 Å². The van der Waals surface area contributed by atoms with E-state index in [2.05, 4.69) is 16.8 Å². The average Bonchev–Trinajstić information content (AvgIpc) is 3.44. The molecule has 9 heteroatoms. The number of amides is 1. The van der Waals surface area contributed by atoms with E-state index >= 15 is 0 Å². The molecule has 1 aromatic heterocycles. The summed E-state index contributed by atoms with van der Waals surface area (Å²) in [4.78, 5) is 34.5. The second-order valence-electron chi connectivity index (χ2n) is 10.7. The molecule has 8 nitrogen and oxygen atoms in total. The van der Waals surface area contributed by atoms with Crippen LogP contribution < -0.4 is 10.9 Å². The first-order valence-corrected chi connectivity index (χ1v) is 14.1. The molecular weight excluding hydrogens is 526 g/mol. The molecule has 0 atom stereocenters. The minimum absolute atomic E-state index is 0.0986. The zero-order valence-corrected chi connectivity index (χ0v) is 23.0. The highest BCUT2D eigenvalue weighted by Gasteiger charge is 2.30. The van der Waals surface area contributed by atoms with Gasteiger partial charge in [-0.3, -0.25) is 9.59 Å². The predicted molar refractivity (Wildman–Crippen MR) is 160 cm³/mol. The molecule has 0 aliphatic carbocycles. The van der Waals surface area contributed by atoms with Gasteiger partial charge in [0, 0.05) is 44.2 Å². The molecule has 2 aliphatic heterocycles. The standard InChI is InChI=1S/C31H32ClN5O3/c1-2-29(39)36-17-20(18-36)19-37-28-16-26(32)25(24-14-22(38)13-21-7-3-4-8-23(21)24)15-27(28)34-30(31(37)40)33-9-12-35-10-5-6-11-35/h2-4,7-8,13-16,20,38H,1,5-6,9-12,17-19H2,(H,33,34). The maximum absolute atomic E-state index is 13.7. The maximum atomic E-state index is 13.7. The van der Waals surface area contributed by atoms with E-state index in [1.807, 2.05) is 30.3 Å². The highest BCUT2D eigenvalue weighted by Crippen LogP contribution is 2.38. The number of hydrogen-bond acceptors (Lipinski definition) is 6. The van der Waals surface area contributed by atoms with Crippen LogP contribution in [0.5, 0.6) is 5.75 Å². The maximum Gasteiger partial charge on any atom is 0.293 e. The first-order valence-electron chi connectivity index (χ1n) is 13.7. The summed E-state index contributed by atoms with van der Waals surface area (Å²) in [7, 11) is 0. The highest BCUT2D eigenvalue weighted by atomic mass is 35.5. The van der Waals surface area contributed by atoms with Crippen LogP contribution in [0.1, 0.15) is 12.8 Å². The van der Waals surface area contributed by atoms with Gasteiger partial charge in [-0.25, -0.2) is 4.98 Å². The van der Waals surface area contributed by atoms with Crippen molar-refractivity contribution in [1.29, 1.82) is 0 Å². The fourth-order valence-electron chi connectivity index (χ4n) is 5.87. The molecule has 3 heterocycles. The molecule has 0 bridgehead atoms. The van der Waals surface area contributed by atoms with E-state index in [0.717, 1.165) is 41.5 Å². The highest BCUT2D eigenvalue weighted by molar-refractivity contribution is 6.34. The summed E-state index contributed by atoms with van der Waals surface area (Å²) in [5.41, 5.74) is 2.60. The number of fused-ring (bicyclic) bond motifs is 2. The summed E-state index contributed by atoms with van der Waals surface area (Å²) in [5, 5.41) is 16.1. The van der Waals surface area contributed by atoms with Crippen molar-refractivity contribution in [2.45, 2.75) is 19.4 Å². The van der Waals surface area contributed by atoms with Crippen LogP contribution in [-0.2, 0) is 11.3 Å². The largest absolute Gasteiger partial charge is 0.508 e. The number of nitrogens with zero attached hydrogens (tertiary/aromatic N) is 4. The Labute approximate surface area is 237 Å². The normalized spacial score (nSPS) is 16.0. The fraction of sp³-hybridized carbons (Fsp3) is 0.323. The molecule has 2 saturated heterocycles. The second kappa shape index (κ2) is 10.9. The molecule has 0 radical (unpaired) electrons. The van der Waals surface area contributed by atoms with Gasteiger partial charge in [0.1, 0.15) is 5.75 Å². The molecule has 0 spiro atoms. The third kappa shape index (κ3) is 5.05. The van der Waals surface area contributed by atoms with Gasteiger partial charge >= 0.3 is 0 Å². The van der Waals surface area contributed by atoms with Crippen molar-refractivity contribution in [2.24, 2.45) is 5.92 Å². The van der Waals surface area contributed by atoms with E-state index in [4.69, 9.17) is 16.6 Å². The first kappa shape index (κ1) is 26.3. The van der Waals surface area contributed by atoms with E-state index in [1.54, 1.807) is 27.7 Å². The van der Waals surface area contributed by atoms with Gasteiger partial charge in [-0.2, -0.15) is 0 Å². The lowest BCUT2D eigenvalue weighted by atomic mass is 9.97. The summed E-state index contributed by atoms with van der Waals surface area (Å²) in [6.07, 6.45) is 3.74. The van der Waals surface area contributed by atoms with Gasteiger partial charge in [0.25, 0.3) is 5.56 Å². The van der Waals surface area contributed by atoms with E-state index < -0.39 is 0 Å². The number of phenolic OH excluding ortho intramolecular Hbond substituents is 1. The molecule has 2 N–H and O–H groups in total. The Bertz CT molecular complexity index is 1670. The summed E-state index contributed by atoms with van der Waals surface area (Å²) >= 11 is 6.87. The van der Waals surface area contributed by atoms with Crippen LogP contribution in [0.25, 0.3) is 32.9 Å². The van der Waals surface area contributed by atoms with Crippen LogP contribution in [-0.4, -0.2) is 69.6 Å². The van der Waals surface area contributed by atoms with Crippen molar-refractivity contribution in [3.63, 3.8) is 0 Å². The minimum Gasteiger partial charge on any atom is -0.508 e. The number of benzene rings is 3. The topological polar surface area (TPSA) is 90.7 Å². The van der Waals surface area contributed by atoms with Crippen LogP contribution in [0.15, 0.2) is 66.0 Å². The second-order valence-corrected chi connectivity index (χ2v) is 11.1. The van der Waals surface area contributed by atoms with Crippen molar-refractivity contribution in [2.75, 3.05) is 44.6 Å². The number of likely N-dealkylation sites (tertiary alicyclic amines) is 2. The number of phenols is 1. The Hall–Kier alpha value is -3.88. The molecule has 6 rings (SSSR count). The van der Waals surface area contributed by atoms with Gasteiger partial charge in [-0.05, 0) is 72.6 Å². The first-order chi connectivity index (χ1) is 19.4. The number of aromatic nitrogens is 2. The zero-order valence-electron chi connectivity index (χ0n) is 22.3. The molecule has 206 valence electrons. The third-order valence-electron chi connectivity index (χ3n) is 7.98. The van der Waals surface area contributed by atoms with Crippen molar-refractivity contribution in [1.82, 2.24) is 19.4 Å². The number of hydrogen-bond donors (Lipinski definition) is 2. The number of carbonyl (C=O) groups excluding carboxylic acids is 1. The van der Waals surface area contributed by atoms with Crippen LogP contribution in [0.3, 0.4) is 0 Å². The smallest absolute Gasteiger partial charge is 0.293 e. The van der Waals surface area contributed by atoms with Crippen LogP contribution in [0.2, 0.25) is 5.02 Å². The molecule has 0 saturated carbocycles. The van der Waals surface area contributed by atoms with Gasteiger partial charge in [-0.1, -0.05) is 42.4 Å². The molecule has 3 aromatic carbocycles. The van der Waals surface area contributed by atoms with Gasteiger partial charge in [0.15, 0.2) is 5.82 Å². The molecular formula is C31H32ClN5O3. The van der Waals surface area contributed by atoms with Crippen molar-refractivity contribution in [3.05, 3.63) is 76.6 Å². The molecule has 2 fully saturated rings. The molecule has 40 heavy (non-hydrogen) atoms. The quantitative estimate of drug-likeness (QED) is 0.304. The number of aromatic hydroxyl groups is 1. The summed E-state index contributed by atoms with van der Waals surface area (Å²) < 4.78 is 1.73. The van der Waals surface area contributed by atoms with E-state index in [9.17, 15) is 14.7 Å². The Morgan fingerprint density at radius 2 is 1.90 bits per heavy atom. The molecule has 1 amide bonds. The molecule has 0 unspecified atom stereocenters. The Balaban J connectivity index is 1.41. The van der Waals surface area contributed by atoms with Crippen LogP contribution in [0.4, 0.5) is 5.82 Å². The van der Waals surface area contributed by atoms with Gasteiger partial charge < -0.3 is 24.8 Å². The Kier molecular flexibility index (Phi) is 7.21. The SMILES string of the molecule is C=CC(=O)N1CC(Cn2c(=O)c(NCCN3CCCC3)nc3cc(-c4cc(O)cc5ccccc45)c(Cl)cc32)C1.